The lowest BCUT2D eigenvalue weighted by Gasteiger charge is -2.34. The molecule has 0 saturated heterocycles. The summed E-state index contributed by atoms with van der Waals surface area (Å²) >= 11 is 0. The van der Waals surface area contributed by atoms with E-state index in [4.69, 9.17) is 0 Å². The predicted molar refractivity (Wildman–Crippen MR) is 525 cm³/mol. The number of rotatable bonds is 6. The van der Waals surface area contributed by atoms with E-state index in [0.717, 1.165) is 0 Å². The summed E-state index contributed by atoms with van der Waals surface area (Å²) in [5.74, 6) is 0. The van der Waals surface area contributed by atoms with Gasteiger partial charge in [-0.2, -0.15) is 0 Å². The maximum atomic E-state index is 2.41. The van der Waals surface area contributed by atoms with Crippen molar-refractivity contribution in [3.63, 3.8) is 0 Å². The first-order valence-electron chi connectivity index (χ1n) is 44.5. The largest absolute Gasteiger partial charge is 0.0725 e. The van der Waals surface area contributed by atoms with Gasteiger partial charge < -0.3 is 0 Å². The van der Waals surface area contributed by atoms with Crippen LogP contribution in [-0.4, -0.2) is 0 Å². The maximum Gasteiger partial charge on any atom is 0.0725 e. The molecule has 604 valence electrons. The molecule has 0 radical (unpaired) electrons. The van der Waals surface area contributed by atoms with Crippen LogP contribution in [0.2, 0.25) is 0 Å². The number of hydrogen-bond acceptors (Lipinski definition) is 0. The molecule has 0 heterocycles. The van der Waals surface area contributed by atoms with E-state index in [0.29, 0.717) is 0 Å². The van der Waals surface area contributed by atoms with Gasteiger partial charge in [0.15, 0.2) is 0 Å². The molecule has 18 aromatic rings. The molecule has 0 nitrogen and oxygen atoms in total. The van der Waals surface area contributed by atoms with Crippen LogP contribution in [0.5, 0.6) is 0 Å². The molecule has 6 aliphatic rings. The van der Waals surface area contributed by atoms with Crippen molar-refractivity contribution < 1.29 is 0 Å². The Labute approximate surface area is 740 Å². The minimum Gasteiger partial charge on any atom is -0.0622 e. The molecule has 0 atom stereocenters. The van der Waals surface area contributed by atoms with E-state index >= 15 is 0 Å². The fraction of sp³-hybridized carbons (Fsp3) is 0.136. The van der Waals surface area contributed by atoms with Crippen molar-refractivity contribution in [3.05, 3.63) is 568 Å². The summed E-state index contributed by atoms with van der Waals surface area (Å²) in [6.07, 6.45) is 0. The third-order valence-electron chi connectivity index (χ3n) is 28.0. The molecule has 1 spiro atoms. The van der Waals surface area contributed by atoms with Crippen molar-refractivity contribution in [1.82, 2.24) is 0 Å². The second-order valence-corrected chi connectivity index (χ2v) is 36.4. The maximum absolute atomic E-state index is 2.41. The molecule has 0 heteroatoms. The van der Waals surface area contributed by atoms with Gasteiger partial charge in [0, 0.05) is 5.41 Å². The molecule has 6 aliphatic carbocycles. The third-order valence-corrected chi connectivity index (χ3v) is 28.0. The van der Waals surface area contributed by atoms with Crippen LogP contribution >= 0.6 is 0 Å². The highest BCUT2D eigenvalue weighted by Gasteiger charge is 2.53. The van der Waals surface area contributed by atoms with Crippen LogP contribution in [0.1, 0.15) is 170 Å². The SMILES string of the molecule is Cc1ccc(C2(c3ccc(C)cc3)c3ccccc3-c3ccccc32)cc1.Cc1ccc2c(c1)-c1cc(C)ccc1C2(C)C.Cc1ccc2c(c1)C(c1ccccc1)(c1ccccc1)c1cc(C)ccc1-2.Cc1ccc2c(c1)C1(c3ccccc3-c3ccccc31)c1cc(C)ccc1-2.Cc1cccc(C2(c3cccc(C)c3)c3ccccc3-c3ccccc32)c1. The van der Waals surface area contributed by atoms with Crippen molar-refractivity contribution in [2.24, 2.45) is 0 Å². The molecule has 0 fully saturated rings. The lowest BCUT2D eigenvalue weighted by molar-refractivity contribution is 0.660. The van der Waals surface area contributed by atoms with Crippen LogP contribution in [0.3, 0.4) is 0 Å². The van der Waals surface area contributed by atoms with Crippen molar-refractivity contribution >= 4 is 0 Å². The van der Waals surface area contributed by atoms with Crippen molar-refractivity contribution in [2.45, 2.75) is 110 Å². The van der Waals surface area contributed by atoms with Gasteiger partial charge in [0.2, 0.25) is 0 Å². The summed E-state index contributed by atoms with van der Waals surface area (Å²) < 4.78 is 0. The average Bonchev–Trinajstić information content (AvgIpc) is 1.55. The monoisotopic (exact) mass is 1600 g/mol. The number of fused-ring (bicyclic) bond motifs is 22. The normalized spacial score (nSPS) is 14.2. The van der Waals surface area contributed by atoms with Gasteiger partial charge >= 0.3 is 0 Å². The molecule has 0 unspecified atom stereocenters. The molecule has 0 N–H and O–H groups in total. The Bertz CT molecular complexity index is 6600. The summed E-state index contributed by atoms with van der Waals surface area (Å²) in [7, 11) is 0. The Morgan fingerprint density at radius 1 is 0.120 bits per heavy atom. The molecule has 125 heavy (non-hydrogen) atoms. The summed E-state index contributed by atoms with van der Waals surface area (Å²) in [5, 5.41) is 0. The lowest BCUT2D eigenvalue weighted by Crippen LogP contribution is -2.28. The molecular formula is C125H104. The van der Waals surface area contributed by atoms with Crippen LogP contribution in [0.25, 0.3) is 66.8 Å². The van der Waals surface area contributed by atoms with Crippen LogP contribution in [0, 0.1) is 69.2 Å². The molecule has 0 saturated carbocycles. The van der Waals surface area contributed by atoms with E-state index in [-0.39, 0.29) is 27.1 Å². The van der Waals surface area contributed by atoms with Gasteiger partial charge in [-0.15, -0.1) is 0 Å². The zero-order valence-electron chi connectivity index (χ0n) is 73.8. The summed E-state index contributed by atoms with van der Waals surface area (Å²) in [6.45, 7) is 26.4. The van der Waals surface area contributed by atoms with Gasteiger partial charge in [0.05, 0.1) is 21.7 Å². The molecule has 0 aliphatic heterocycles. The first kappa shape index (κ1) is 79.4. The first-order valence-corrected chi connectivity index (χ1v) is 44.5. The van der Waals surface area contributed by atoms with E-state index in [1.54, 1.807) is 0 Å². The van der Waals surface area contributed by atoms with Crippen LogP contribution < -0.4 is 0 Å². The van der Waals surface area contributed by atoms with Gasteiger partial charge in [0.1, 0.15) is 0 Å². The minimum atomic E-state index is -0.273. The van der Waals surface area contributed by atoms with Gasteiger partial charge in [0.25, 0.3) is 0 Å². The highest BCUT2D eigenvalue weighted by Crippen LogP contribution is 2.65. The highest BCUT2D eigenvalue weighted by atomic mass is 14.5. The Hall–Kier alpha value is -14.0. The number of benzene rings is 18. The predicted octanol–water partition coefficient (Wildman–Crippen LogP) is 31.3. The second kappa shape index (κ2) is 31.4. The molecule has 0 bridgehead atoms. The Kier molecular flexibility index (Phi) is 19.9. The second-order valence-electron chi connectivity index (χ2n) is 36.4. The zero-order chi connectivity index (χ0) is 85.7. The van der Waals surface area contributed by atoms with E-state index in [1.807, 2.05) is 0 Å². The first-order chi connectivity index (χ1) is 60.8. The van der Waals surface area contributed by atoms with E-state index in [1.165, 1.54) is 223 Å². The van der Waals surface area contributed by atoms with E-state index < -0.39 is 0 Å². The minimum absolute atomic E-state index is 0.145. The van der Waals surface area contributed by atoms with E-state index in [2.05, 4.69) is 496 Å². The van der Waals surface area contributed by atoms with Crippen LogP contribution in [0.15, 0.2) is 413 Å². The third kappa shape index (κ3) is 12.7. The van der Waals surface area contributed by atoms with Gasteiger partial charge in [-0.3, -0.25) is 0 Å². The van der Waals surface area contributed by atoms with Crippen molar-refractivity contribution in [3.8, 4) is 66.8 Å². The van der Waals surface area contributed by atoms with Crippen LogP contribution in [-0.2, 0) is 27.1 Å². The highest BCUT2D eigenvalue weighted by molar-refractivity contribution is 5.96. The standard InChI is InChI=1S/C27H20.3C27H22.C17H18/c1-17-11-13-21-22-14-12-18(2)16-26(22)27(25(21)15-17)23-9-5-3-7-19(23)20-8-4-6-10-24(20)27;1-19-9-7-11-21(17-19)27(22-12-8-10-20(2)18-22)25-15-5-3-13-23(25)24-14-4-6-16-26(24)27;1-19-11-15-21(16-12-19)27(22-17-13-20(2)14-18-22)25-9-5-3-7-23(25)24-8-4-6-10-26(24)27;1-19-13-15-23-24-16-14-20(2)18-26(24)27(25(23)17-19,21-9-5-3-6-10-21)22-11-7-4-8-12-22;1-11-5-7-15-13(9-11)14-10-12(2)6-8-16(14)17(15,3)4/h3-16H,1-2H3;3*3-18H,1-2H3;5-10H,1-4H3. The van der Waals surface area contributed by atoms with Gasteiger partial charge in [-0.25, -0.2) is 0 Å². The molecule has 18 aromatic carbocycles. The molecule has 0 aromatic heterocycles. The Balaban J connectivity index is 0.0000000995. The Morgan fingerprint density at radius 3 is 0.632 bits per heavy atom. The fourth-order valence-corrected chi connectivity index (χ4v) is 22.5. The Morgan fingerprint density at radius 2 is 0.328 bits per heavy atom. The molecule has 24 rings (SSSR count). The zero-order valence-corrected chi connectivity index (χ0v) is 73.8. The average molecular weight is 1610 g/mol. The fourth-order valence-electron chi connectivity index (χ4n) is 22.5. The summed E-state index contributed by atoms with van der Waals surface area (Å²) in [6, 6.07) is 153. The number of aryl methyl sites for hydroxylation is 10. The molecular weight excluding hydrogens is 1500 g/mol. The summed E-state index contributed by atoms with van der Waals surface area (Å²) in [4.78, 5) is 0. The van der Waals surface area contributed by atoms with Crippen LogP contribution in [0.4, 0.5) is 0 Å². The van der Waals surface area contributed by atoms with Gasteiger partial charge in [-0.05, 0) is 236 Å². The van der Waals surface area contributed by atoms with Crippen molar-refractivity contribution in [2.75, 3.05) is 0 Å². The topological polar surface area (TPSA) is 0 Å². The van der Waals surface area contributed by atoms with Gasteiger partial charge in [-0.1, -0.05) is 482 Å². The lowest BCUT2D eigenvalue weighted by atomic mass is 9.67. The van der Waals surface area contributed by atoms with E-state index in [9.17, 15) is 0 Å². The quantitative estimate of drug-likeness (QED) is 0.156. The smallest absolute Gasteiger partial charge is 0.0622 e. The van der Waals surface area contributed by atoms with Crippen molar-refractivity contribution in [1.29, 1.82) is 0 Å². The summed E-state index contributed by atoms with van der Waals surface area (Å²) in [5.41, 5.74) is 53.5. The number of hydrogen-bond donors (Lipinski definition) is 0. The molecule has 0 amide bonds.